The van der Waals surface area contributed by atoms with Gasteiger partial charge in [-0.1, -0.05) is 0 Å². The largest absolute Gasteiger partial charge is 0.490 e. The van der Waals surface area contributed by atoms with Gasteiger partial charge in [0.1, 0.15) is 13.2 Å². The predicted molar refractivity (Wildman–Crippen MR) is 153 cm³/mol. The van der Waals surface area contributed by atoms with Crippen LogP contribution in [0, 0.1) is 0 Å². The predicted octanol–water partition coefficient (Wildman–Crippen LogP) is 1.38. The first-order chi connectivity index (χ1) is 23.5. The minimum atomic E-state index is -5.01. The average molecular weight is 739 g/mol. The minimum absolute atomic E-state index is 0.138. The maximum absolute atomic E-state index is 11.9. The van der Waals surface area contributed by atoms with Crippen molar-refractivity contribution in [2.75, 3.05) is 159 Å². The fourth-order valence-corrected chi connectivity index (χ4v) is 2.85. The van der Waals surface area contributed by atoms with Crippen molar-refractivity contribution in [1.82, 2.24) is 0 Å². The number of carbonyl (C=O) groups is 2. The quantitative estimate of drug-likeness (QED) is 0.0516. The second kappa shape index (κ2) is 33.2. The van der Waals surface area contributed by atoms with E-state index in [1.165, 1.54) is 0 Å². The summed E-state index contributed by atoms with van der Waals surface area (Å²) in [7, 11) is 0. The molecule has 0 amide bonds. The molecule has 0 heterocycles. The Kier molecular flexibility index (Phi) is 31.9. The van der Waals surface area contributed by atoms with Gasteiger partial charge >= 0.3 is 24.3 Å². The Balaban J connectivity index is 3.13. The van der Waals surface area contributed by atoms with Crippen LogP contribution in [-0.2, 0) is 71.2 Å². The topological polar surface area (TPSA) is 154 Å². The molecule has 0 N–H and O–H groups in total. The van der Waals surface area contributed by atoms with E-state index in [9.17, 15) is 35.9 Å². The molecule has 0 aromatic heterocycles. The van der Waals surface area contributed by atoms with Gasteiger partial charge in [-0.25, -0.2) is 9.59 Å². The van der Waals surface area contributed by atoms with Crippen molar-refractivity contribution < 1.29 is 97.5 Å². The first kappa shape index (κ1) is 47.1. The molecule has 0 atom stereocenters. The van der Waals surface area contributed by atoms with Gasteiger partial charge in [-0.2, -0.15) is 26.3 Å². The Morgan fingerprint density at radius 1 is 0.265 bits per heavy atom. The Morgan fingerprint density at radius 3 is 0.510 bits per heavy atom. The van der Waals surface area contributed by atoms with E-state index in [4.69, 9.17) is 52.1 Å². The van der Waals surface area contributed by atoms with Gasteiger partial charge in [0.2, 0.25) is 0 Å². The summed E-state index contributed by atoms with van der Waals surface area (Å²) in [4.78, 5) is 20.9. The molecule has 0 radical (unpaired) electrons. The zero-order valence-electron chi connectivity index (χ0n) is 27.4. The van der Waals surface area contributed by atoms with Gasteiger partial charge in [0, 0.05) is 0 Å². The molecule has 0 aromatic carbocycles. The van der Waals surface area contributed by atoms with Gasteiger partial charge in [-0.15, -0.1) is 0 Å². The van der Waals surface area contributed by atoms with Crippen molar-refractivity contribution >= 4 is 11.9 Å². The van der Waals surface area contributed by atoms with Gasteiger partial charge in [-0.05, 0) is 0 Å². The average Bonchev–Trinajstić information content (AvgIpc) is 3.05. The summed E-state index contributed by atoms with van der Waals surface area (Å²) < 4.78 is 137. The molecular weight excluding hydrogens is 690 g/mol. The van der Waals surface area contributed by atoms with Gasteiger partial charge < -0.3 is 61.6 Å². The van der Waals surface area contributed by atoms with E-state index < -0.39 is 37.5 Å². The van der Waals surface area contributed by atoms with Gasteiger partial charge in [0.25, 0.3) is 0 Å². The van der Waals surface area contributed by atoms with Crippen LogP contribution in [0.15, 0.2) is 0 Å². The first-order valence-electron chi connectivity index (χ1n) is 15.4. The van der Waals surface area contributed by atoms with Crippen molar-refractivity contribution in [2.45, 2.75) is 12.4 Å². The van der Waals surface area contributed by atoms with Crippen molar-refractivity contribution in [2.24, 2.45) is 0 Å². The number of hydrogen-bond donors (Lipinski definition) is 0. The lowest BCUT2D eigenvalue weighted by Gasteiger charge is -2.09. The summed E-state index contributed by atoms with van der Waals surface area (Å²) in [6.07, 6.45) is -10.0. The Labute approximate surface area is 280 Å². The Morgan fingerprint density at radius 2 is 0.388 bits per heavy atom. The molecule has 292 valence electrons. The number of halogens is 6. The second-order valence-corrected chi connectivity index (χ2v) is 9.00. The highest BCUT2D eigenvalue weighted by molar-refractivity contribution is 5.75. The monoisotopic (exact) mass is 738 g/mol. The third-order valence-electron chi connectivity index (χ3n) is 5.10. The Bertz CT molecular complexity index is 703. The number of carbonyl (C=O) groups excluding carboxylic acids is 2. The summed E-state index contributed by atoms with van der Waals surface area (Å²) in [6.45, 7) is 5.43. The molecule has 0 aromatic rings. The molecule has 21 heteroatoms. The molecule has 0 saturated heterocycles. The van der Waals surface area contributed by atoms with E-state index in [1.807, 2.05) is 0 Å². The normalized spacial score (nSPS) is 12.0. The van der Waals surface area contributed by atoms with Crippen molar-refractivity contribution in [3.05, 3.63) is 0 Å². The zero-order chi connectivity index (χ0) is 36.3. The SMILES string of the molecule is O=C(OCCOCCOCCOCCOCCOCCOCCOCCOCCOCCOCCOCCOC(=O)C(F)(F)F)C(F)(F)F. The van der Waals surface area contributed by atoms with Crippen LogP contribution in [-0.4, -0.2) is 183 Å². The van der Waals surface area contributed by atoms with E-state index in [0.717, 1.165) is 0 Å². The van der Waals surface area contributed by atoms with Crippen molar-refractivity contribution in [3.8, 4) is 0 Å². The molecule has 0 bridgehead atoms. The van der Waals surface area contributed by atoms with Crippen LogP contribution < -0.4 is 0 Å². The van der Waals surface area contributed by atoms with Crippen LogP contribution >= 0.6 is 0 Å². The fraction of sp³-hybridized carbons (Fsp3) is 0.929. The molecule has 49 heavy (non-hydrogen) atoms. The number of alkyl halides is 6. The molecule has 0 unspecified atom stereocenters. The van der Waals surface area contributed by atoms with E-state index in [0.29, 0.717) is 106 Å². The number of rotatable bonds is 36. The minimum Gasteiger partial charge on any atom is -0.457 e. The number of hydrogen-bond acceptors (Lipinski definition) is 15. The van der Waals surface area contributed by atoms with Crippen molar-refractivity contribution in [1.29, 1.82) is 0 Å². The fourth-order valence-electron chi connectivity index (χ4n) is 2.85. The summed E-state index contributed by atoms with van der Waals surface area (Å²) in [6, 6.07) is 0. The molecular formula is C28H48F6O15. The van der Waals surface area contributed by atoms with Gasteiger partial charge in [0.05, 0.1) is 145 Å². The van der Waals surface area contributed by atoms with E-state index >= 15 is 0 Å². The van der Waals surface area contributed by atoms with Crippen LogP contribution in [0.5, 0.6) is 0 Å². The van der Waals surface area contributed by atoms with Crippen LogP contribution in [0.25, 0.3) is 0 Å². The van der Waals surface area contributed by atoms with Crippen LogP contribution in [0.4, 0.5) is 26.3 Å². The third-order valence-corrected chi connectivity index (χ3v) is 5.10. The van der Waals surface area contributed by atoms with Gasteiger partial charge in [0.15, 0.2) is 0 Å². The van der Waals surface area contributed by atoms with E-state index in [2.05, 4.69) is 9.47 Å². The number of esters is 2. The molecule has 0 aliphatic rings. The molecule has 0 saturated carbocycles. The lowest BCUT2D eigenvalue weighted by Crippen LogP contribution is -2.26. The van der Waals surface area contributed by atoms with E-state index in [-0.39, 0.29) is 39.6 Å². The Hall–Kier alpha value is -1.92. The molecule has 0 fully saturated rings. The van der Waals surface area contributed by atoms with Crippen LogP contribution in [0.2, 0.25) is 0 Å². The molecule has 0 rings (SSSR count). The van der Waals surface area contributed by atoms with Gasteiger partial charge in [-0.3, -0.25) is 0 Å². The maximum atomic E-state index is 11.9. The third kappa shape index (κ3) is 35.7. The van der Waals surface area contributed by atoms with Crippen LogP contribution in [0.1, 0.15) is 0 Å². The molecule has 0 aliphatic heterocycles. The zero-order valence-corrected chi connectivity index (χ0v) is 27.4. The van der Waals surface area contributed by atoms with Crippen LogP contribution in [0.3, 0.4) is 0 Å². The molecule has 0 spiro atoms. The number of ether oxygens (including phenoxy) is 13. The lowest BCUT2D eigenvalue weighted by atomic mass is 10.6. The summed E-state index contributed by atoms with van der Waals surface area (Å²) in [5.41, 5.74) is 0. The highest BCUT2D eigenvalue weighted by Crippen LogP contribution is 2.16. The van der Waals surface area contributed by atoms with Crippen molar-refractivity contribution in [3.63, 3.8) is 0 Å². The highest BCUT2D eigenvalue weighted by atomic mass is 19.4. The smallest absolute Gasteiger partial charge is 0.457 e. The van der Waals surface area contributed by atoms with E-state index in [1.54, 1.807) is 0 Å². The highest BCUT2D eigenvalue weighted by Gasteiger charge is 2.41. The summed E-state index contributed by atoms with van der Waals surface area (Å²) >= 11 is 0. The maximum Gasteiger partial charge on any atom is 0.490 e. The molecule has 0 aliphatic carbocycles. The first-order valence-corrected chi connectivity index (χ1v) is 15.4. The summed E-state index contributed by atoms with van der Waals surface area (Å²) in [5, 5.41) is 0. The second-order valence-electron chi connectivity index (χ2n) is 9.00. The summed E-state index contributed by atoms with van der Waals surface area (Å²) in [5.74, 6) is -4.50. The lowest BCUT2D eigenvalue weighted by molar-refractivity contribution is -0.200. The standard InChI is InChI=1S/C28H48F6O15/c29-27(30,31)25(35)48-23-21-46-19-17-44-15-13-42-11-9-40-7-5-38-3-1-37-2-4-39-6-8-41-10-12-43-14-16-45-18-20-47-22-24-49-26(36)28(32,33)34/h1-24H2. The molecule has 15 nitrogen and oxygen atoms in total.